The van der Waals surface area contributed by atoms with Crippen LogP contribution in [-0.4, -0.2) is 11.2 Å². The van der Waals surface area contributed by atoms with Crippen molar-refractivity contribution < 1.29 is 5.11 Å². The number of aliphatic hydroxyl groups is 1. The van der Waals surface area contributed by atoms with E-state index in [1.54, 1.807) is 0 Å². The molecule has 0 aliphatic heterocycles. The van der Waals surface area contributed by atoms with Crippen molar-refractivity contribution in [2.75, 3.05) is 0 Å². The van der Waals surface area contributed by atoms with Gasteiger partial charge in [-0.1, -0.05) is 32.4 Å². The standard InChI is InChI=1S/C27H46O/c1-18(2)8-6-7-9-20-10-12-23-21-11-13-22-19(3)25(28)15-17-27(22,5)24(21)14-16-26(20,23)4/h8,19-25,28H,6-7,9-17H2,1-5H3/t19-,20?,21?,22?,23?,24?,25?,26-,27+/m1/s1. The molecule has 4 saturated carbocycles. The van der Waals surface area contributed by atoms with Crippen molar-refractivity contribution in [2.45, 2.75) is 111 Å². The van der Waals surface area contributed by atoms with Crippen molar-refractivity contribution in [3.8, 4) is 0 Å². The molecule has 4 aliphatic carbocycles. The molecule has 1 N–H and O–H groups in total. The van der Waals surface area contributed by atoms with Gasteiger partial charge in [0.1, 0.15) is 0 Å². The van der Waals surface area contributed by atoms with E-state index in [-0.39, 0.29) is 6.10 Å². The molecule has 0 aromatic heterocycles. The quantitative estimate of drug-likeness (QED) is 0.394. The molecule has 6 unspecified atom stereocenters. The molecule has 0 spiro atoms. The van der Waals surface area contributed by atoms with E-state index in [9.17, 15) is 5.11 Å². The van der Waals surface area contributed by atoms with Crippen LogP contribution in [0.4, 0.5) is 0 Å². The molecule has 4 aliphatic rings. The fourth-order valence-electron chi connectivity index (χ4n) is 9.05. The van der Waals surface area contributed by atoms with Gasteiger partial charge in [0.05, 0.1) is 6.10 Å². The summed E-state index contributed by atoms with van der Waals surface area (Å²) < 4.78 is 0. The zero-order valence-electron chi connectivity index (χ0n) is 19.3. The van der Waals surface area contributed by atoms with Gasteiger partial charge in [-0.2, -0.15) is 0 Å². The first-order valence-corrected chi connectivity index (χ1v) is 12.6. The topological polar surface area (TPSA) is 20.2 Å². The summed E-state index contributed by atoms with van der Waals surface area (Å²) >= 11 is 0. The van der Waals surface area contributed by atoms with Gasteiger partial charge in [-0.15, -0.1) is 0 Å². The number of rotatable bonds is 4. The first-order chi connectivity index (χ1) is 13.3. The SMILES string of the molecule is CC(C)=CCCCC1CCC2C3CCC4[C@@H](C)C(O)CC[C@]4(C)C3CC[C@]12C. The van der Waals surface area contributed by atoms with E-state index in [1.807, 2.05) is 0 Å². The second kappa shape index (κ2) is 7.75. The van der Waals surface area contributed by atoms with E-state index in [0.717, 1.165) is 36.0 Å². The van der Waals surface area contributed by atoms with Crippen LogP contribution in [0, 0.1) is 46.3 Å². The van der Waals surface area contributed by atoms with Crippen molar-refractivity contribution in [3.63, 3.8) is 0 Å². The Balaban J connectivity index is 1.47. The van der Waals surface area contributed by atoms with Crippen molar-refractivity contribution in [1.82, 2.24) is 0 Å². The Kier molecular flexibility index (Phi) is 5.80. The summed E-state index contributed by atoms with van der Waals surface area (Å²) in [7, 11) is 0. The third-order valence-corrected chi connectivity index (χ3v) is 10.7. The molecule has 0 saturated heterocycles. The van der Waals surface area contributed by atoms with E-state index in [2.05, 4.69) is 40.7 Å². The first kappa shape index (κ1) is 21.0. The Morgan fingerprint density at radius 3 is 2.32 bits per heavy atom. The van der Waals surface area contributed by atoms with Gasteiger partial charge >= 0.3 is 0 Å². The highest BCUT2D eigenvalue weighted by Crippen LogP contribution is 2.68. The number of hydrogen-bond acceptors (Lipinski definition) is 1. The predicted molar refractivity (Wildman–Crippen MR) is 119 cm³/mol. The van der Waals surface area contributed by atoms with Crippen LogP contribution in [0.2, 0.25) is 0 Å². The molecule has 0 aromatic carbocycles. The van der Waals surface area contributed by atoms with Crippen molar-refractivity contribution in [1.29, 1.82) is 0 Å². The van der Waals surface area contributed by atoms with E-state index >= 15 is 0 Å². The minimum Gasteiger partial charge on any atom is -0.393 e. The van der Waals surface area contributed by atoms with Crippen LogP contribution in [0.1, 0.15) is 105 Å². The van der Waals surface area contributed by atoms with Gasteiger partial charge in [0.15, 0.2) is 0 Å². The van der Waals surface area contributed by atoms with Crippen LogP contribution < -0.4 is 0 Å². The highest BCUT2D eigenvalue weighted by atomic mass is 16.3. The van der Waals surface area contributed by atoms with E-state index in [1.165, 1.54) is 69.8 Å². The fraction of sp³-hybridized carbons (Fsp3) is 0.926. The molecule has 4 fully saturated rings. The first-order valence-electron chi connectivity index (χ1n) is 12.6. The number of aliphatic hydroxyl groups excluding tert-OH is 1. The Hall–Kier alpha value is -0.300. The molecule has 9 atom stereocenters. The maximum atomic E-state index is 10.5. The lowest BCUT2D eigenvalue weighted by Gasteiger charge is -2.62. The second-order valence-corrected chi connectivity index (χ2v) is 12.1. The lowest BCUT2D eigenvalue weighted by molar-refractivity contribution is -0.147. The molecule has 0 radical (unpaired) electrons. The lowest BCUT2D eigenvalue weighted by Crippen LogP contribution is -2.56. The predicted octanol–water partition coefficient (Wildman–Crippen LogP) is 7.39. The van der Waals surface area contributed by atoms with Gasteiger partial charge in [-0.05, 0) is 131 Å². The van der Waals surface area contributed by atoms with Crippen molar-refractivity contribution >= 4 is 0 Å². The second-order valence-electron chi connectivity index (χ2n) is 12.1. The van der Waals surface area contributed by atoms with Gasteiger partial charge in [-0.3, -0.25) is 0 Å². The Bertz CT molecular complexity index is 589. The molecular weight excluding hydrogens is 340 g/mol. The lowest BCUT2D eigenvalue weighted by atomic mass is 9.43. The van der Waals surface area contributed by atoms with Crippen molar-refractivity contribution in [2.24, 2.45) is 46.3 Å². The third-order valence-electron chi connectivity index (χ3n) is 10.7. The van der Waals surface area contributed by atoms with Gasteiger partial charge in [-0.25, -0.2) is 0 Å². The highest BCUT2D eigenvalue weighted by molar-refractivity contribution is 5.10. The molecule has 160 valence electrons. The summed E-state index contributed by atoms with van der Waals surface area (Å²) in [5.74, 6) is 5.15. The van der Waals surface area contributed by atoms with Crippen LogP contribution in [0.3, 0.4) is 0 Å². The number of allylic oxidation sites excluding steroid dienone is 2. The molecule has 28 heavy (non-hydrogen) atoms. The number of fused-ring (bicyclic) bond motifs is 5. The summed E-state index contributed by atoms with van der Waals surface area (Å²) in [6.45, 7) is 12.1. The van der Waals surface area contributed by atoms with Crippen LogP contribution in [-0.2, 0) is 0 Å². The summed E-state index contributed by atoms with van der Waals surface area (Å²) in [6, 6.07) is 0. The van der Waals surface area contributed by atoms with Gasteiger partial charge in [0.25, 0.3) is 0 Å². The van der Waals surface area contributed by atoms with Crippen LogP contribution in [0.25, 0.3) is 0 Å². The Morgan fingerprint density at radius 1 is 0.893 bits per heavy atom. The molecule has 1 nitrogen and oxygen atoms in total. The van der Waals surface area contributed by atoms with Crippen molar-refractivity contribution in [3.05, 3.63) is 11.6 Å². The average molecular weight is 387 g/mol. The van der Waals surface area contributed by atoms with Gasteiger partial charge < -0.3 is 5.11 Å². The molecule has 0 amide bonds. The third kappa shape index (κ3) is 3.32. The minimum absolute atomic E-state index is 0.0415. The number of unbranched alkanes of at least 4 members (excludes halogenated alkanes) is 1. The molecular formula is C27H46O. The van der Waals surface area contributed by atoms with Gasteiger partial charge in [0, 0.05) is 0 Å². The van der Waals surface area contributed by atoms with E-state index in [0.29, 0.717) is 16.7 Å². The summed E-state index contributed by atoms with van der Waals surface area (Å²) in [4.78, 5) is 0. The van der Waals surface area contributed by atoms with Crippen LogP contribution >= 0.6 is 0 Å². The van der Waals surface area contributed by atoms with Gasteiger partial charge in [0.2, 0.25) is 0 Å². The molecule has 0 aromatic rings. The maximum Gasteiger partial charge on any atom is 0.0568 e. The number of hydrogen-bond donors (Lipinski definition) is 1. The zero-order chi connectivity index (χ0) is 20.1. The monoisotopic (exact) mass is 386 g/mol. The minimum atomic E-state index is -0.0415. The van der Waals surface area contributed by atoms with E-state index in [4.69, 9.17) is 0 Å². The van der Waals surface area contributed by atoms with Crippen LogP contribution in [0.5, 0.6) is 0 Å². The van der Waals surface area contributed by atoms with Crippen LogP contribution in [0.15, 0.2) is 11.6 Å². The largest absolute Gasteiger partial charge is 0.393 e. The summed E-state index contributed by atoms with van der Waals surface area (Å²) in [6.07, 6.45) is 17.6. The summed E-state index contributed by atoms with van der Waals surface area (Å²) in [5.41, 5.74) is 2.60. The molecule has 1 heteroatoms. The normalized spacial score (nSPS) is 50.4. The molecule has 4 rings (SSSR count). The molecule has 0 heterocycles. The Morgan fingerprint density at radius 2 is 1.57 bits per heavy atom. The zero-order valence-corrected chi connectivity index (χ0v) is 19.3. The molecule has 0 bridgehead atoms. The van der Waals surface area contributed by atoms with E-state index < -0.39 is 0 Å². The highest BCUT2D eigenvalue weighted by Gasteiger charge is 2.60. The Labute approximate surface area is 174 Å². The fourth-order valence-corrected chi connectivity index (χ4v) is 9.05. The average Bonchev–Trinajstić information content (AvgIpc) is 2.98. The maximum absolute atomic E-state index is 10.5. The smallest absolute Gasteiger partial charge is 0.0568 e. The summed E-state index contributed by atoms with van der Waals surface area (Å²) in [5, 5.41) is 10.5.